The van der Waals surface area contributed by atoms with Crippen LogP contribution in [-0.2, 0) is 0 Å². The largest absolute Gasteiger partial charge is 0.368 e. The van der Waals surface area contributed by atoms with Crippen molar-refractivity contribution in [1.82, 2.24) is 14.9 Å². The molecule has 19 heavy (non-hydrogen) atoms. The maximum atomic E-state index is 5.76. The highest BCUT2D eigenvalue weighted by molar-refractivity contribution is 7.16. The van der Waals surface area contributed by atoms with E-state index in [9.17, 15) is 0 Å². The summed E-state index contributed by atoms with van der Waals surface area (Å²) < 4.78 is 0. The topological polar surface area (TPSA) is 67.1 Å². The lowest BCUT2D eigenvalue weighted by atomic mass is 9.75. The second kappa shape index (κ2) is 4.61. The third kappa shape index (κ3) is 2.15. The van der Waals surface area contributed by atoms with Crippen molar-refractivity contribution in [2.75, 3.05) is 31.7 Å². The minimum Gasteiger partial charge on any atom is -0.368 e. The van der Waals surface area contributed by atoms with Crippen LogP contribution in [0.25, 0.3) is 10.2 Å². The summed E-state index contributed by atoms with van der Waals surface area (Å²) in [5.41, 5.74) is 6.03. The monoisotopic (exact) mass is 277 g/mol. The Hall–Kier alpha value is -1.40. The van der Waals surface area contributed by atoms with E-state index in [0.717, 1.165) is 22.6 Å². The van der Waals surface area contributed by atoms with Crippen molar-refractivity contribution >= 4 is 33.3 Å². The predicted octanol–water partition coefficient (Wildman–Crippen LogP) is 2.17. The first-order chi connectivity index (χ1) is 9.11. The van der Waals surface area contributed by atoms with Gasteiger partial charge in [0, 0.05) is 12.1 Å². The lowest BCUT2D eigenvalue weighted by molar-refractivity contribution is 0.0738. The molecule has 102 valence electrons. The van der Waals surface area contributed by atoms with Crippen molar-refractivity contribution in [3.05, 3.63) is 11.4 Å². The second-order valence-electron chi connectivity index (χ2n) is 5.40. The van der Waals surface area contributed by atoms with Crippen LogP contribution in [0.1, 0.15) is 19.3 Å². The molecule has 1 fully saturated rings. The van der Waals surface area contributed by atoms with Gasteiger partial charge in [0.2, 0.25) is 5.95 Å². The molecular formula is C13H19N5S. The average Bonchev–Trinajstić information content (AvgIpc) is 2.74. The van der Waals surface area contributed by atoms with Gasteiger partial charge in [-0.15, -0.1) is 11.3 Å². The maximum Gasteiger partial charge on any atom is 0.223 e. The Morgan fingerprint density at radius 3 is 2.84 bits per heavy atom. The number of anilines is 2. The van der Waals surface area contributed by atoms with Gasteiger partial charge in [0.1, 0.15) is 10.6 Å². The van der Waals surface area contributed by atoms with E-state index in [0.29, 0.717) is 5.95 Å². The van der Waals surface area contributed by atoms with E-state index in [1.54, 1.807) is 11.3 Å². The molecule has 2 aromatic heterocycles. The molecule has 0 aliphatic heterocycles. The molecule has 2 aromatic rings. The molecule has 3 N–H and O–H groups in total. The number of rotatable bonds is 4. The van der Waals surface area contributed by atoms with Crippen LogP contribution >= 0.6 is 11.3 Å². The van der Waals surface area contributed by atoms with Crippen LogP contribution in [0.15, 0.2) is 11.4 Å². The van der Waals surface area contributed by atoms with Crippen LogP contribution in [0.4, 0.5) is 11.8 Å². The molecule has 1 aliphatic carbocycles. The van der Waals surface area contributed by atoms with Gasteiger partial charge in [0.05, 0.1) is 5.39 Å². The van der Waals surface area contributed by atoms with Crippen LogP contribution in [0.2, 0.25) is 0 Å². The van der Waals surface area contributed by atoms with E-state index in [1.807, 2.05) is 11.4 Å². The van der Waals surface area contributed by atoms with Gasteiger partial charge in [-0.3, -0.25) is 0 Å². The lowest BCUT2D eigenvalue weighted by Crippen LogP contribution is -2.54. The Morgan fingerprint density at radius 1 is 1.42 bits per heavy atom. The Morgan fingerprint density at radius 2 is 2.21 bits per heavy atom. The number of hydrogen-bond donors (Lipinski definition) is 2. The third-order valence-electron chi connectivity index (χ3n) is 4.16. The molecule has 5 nitrogen and oxygen atoms in total. The standard InChI is InChI=1S/C13H19N5S/c1-18(2)13(5-3-6-13)8-15-10-9-4-7-19-11(9)17-12(14)16-10/h4,7H,3,5-6,8H2,1-2H3,(H3,14,15,16,17). The van der Waals surface area contributed by atoms with E-state index in [2.05, 4.69) is 34.3 Å². The highest BCUT2D eigenvalue weighted by atomic mass is 32.1. The smallest absolute Gasteiger partial charge is 0.223 e. The molecular weight excluding hydrogens is 258 g/mol. The van der Waals surface area contributed by atoms with Crippen LogP contribution in [0.5, 0.6) is 0 Å². The summed E-state index contributed by atoms with van der Waals surface area (Å²) in [6.45, 7) is 0.904. The summed E-state index contributed by atoms with van der Waals surface area (Å²) in [5.74, 6) is 1.20. The first-order valence-corrected chi connectivity index (χ1v) is 7.41. The molecule has 0 saturated heterocycles. The normalized spacial score (nSPS) is 17.6. The molecule has 0 atom stereocenters. The van der Waals surface area contributed by atoms with E-state index in [1.165, 1.54) is 19.3 Å². The number of aromatic nitrogens is 2. The minimum atomic E-state index is 0.266. The molecule has 0 amide bonds. The predicted molar refractivity (Wildman–Crippen MR) is 80.6 cm³/mol. The minimum absolute atomic E-state index is 0.266. The number of nitrogen functional groups attached to an aromatic ring is 1. The number of hydrogen-bond acceptors (Lipinski definition) is 6. The summed E-state index contributed by atoms with van der Waals surface area (Å²) in [7, 11) is 4.30. The van der Waals surface area contributed by atoms with Crippen LogP contribution < -0.4 is 11.1 Å². The first-order valence-electron chi connectivity index (χ1n) is 6.53. The summed E-state index contributed by atoms with van der Waals surface area (Å²) in [4.78, 5) is 11.8. The van der Waals surface area contributed by atoms with Gasteiger partial charge in [0.15, 0.2) is 0 Å². The number of nitrogens with one attached hydrogen (secondary N) is 1. The Kier molecular flexibility index (Phi) is 3.06. The fraction of sp³-hybridized carbons (Fsp3) is 0.538. The van der Waals surface area contributed by atoms with Gasteiger partial charge in [0.25, 0.3) is 0 Å². The van der Waals surface area contributed by atoms with E-state index in [-0.39, 0.29) is 5.54 Å². The lowest BCUT2D eigenvalue weighted by Gasteiger charge is -2.47. The molecule has 1 aliphatic rings. The molecule has 1 saturated carbocycles. The summed E-state index contributed by atoms with van der Waals surface area (Å²) in [5, 5.41) is 6.56. The highest BCUT2D eigenvalue weighted by Gasteiger charge is 2.38. The number of likely N-dealkylation sites (N-methyl/N-ethyl adjacent to an activating group) is 1. The molecule has 0 radical (unpaired) electrons. The van der Waals surface area contributed by atoms with Gasteiger partial charge in [-0.25, -0.2) is 4.98 Å². The fourth-order valence-corrected chi connectivity index (χ4v) is 3.39. The molecule has 0 bridgehead atoms. The van der Waals surface area contributed by atoms with E-state index in [4.69, 9.17) is 5.73 Å². The first kappa shape index (κ1) is 12.6. The molecule has 6 heteroatoms. The van der Waals surface area contributed by atoms with Crippen molar-refractivity contribution in [3.63, 3.8) is 0 Å². The Balaban J connectivity index is 1.83. The zero-order chi connectivity index (χ0) is 13.5. The number of thiophene rings is 1. The third-order valence-corrected chi connectivity index (χ3v) is 4.97. The summed E-state index contributed by atoms with van der Waals surface area (Å²) in [6, 6.07) is 2.05. The van der Waals surface area contributed by atoms with Crippen molar-refractivity contribution in [3.8, 4) is 0 Å². The van der Waals surface area contributed by atoms with E-state index < -0.39 is 0 Å². The molecule has 0 unspecified atom stereocenters. The average molecular weight is 277 g/mol. The van der Waals surface area contributed by atoms with Gasteiger partial charge >= 0.3 is 0 Å². The number of nitrogens with two attached hydrogens (primary N) is 1. The van der Waals surface area contributed by atoms with Gasteiger partial charge in [-0.2, -0.15) is 4.98 Å². The van der Waals surface area contributed by atoms with Gasteiger partial charge < -0.3 is 16.0 Å². The SMILES string of the molecule is CN(C)C1(CNc2nc(N)nc3sccc23)CCC1. The van der Waals surface area contributed by atoms with Crippen molar-refractivity contribution in [2.45, 2.75) is 24.8 Å². The van der Waals surface area contributed by atoms with Crippen molar-refractivity contribution in [2.24, 2.45) is 0 Å². The quantitative estimate of drug-likeness (QED) is 0.896. The van der Waals surface area contributed by atoms with Crippen LogP contribution in [0.3, 0.4) is 0 Å². The zero-order valence-electron chi connectivity index (χ0n) is 11.3. The highest BCUT2D eigenvalue weighted by Crippen LogP contribution is 2.36. The molecule has 2 heterocycles. The molecule has 3 rings (SSSR count). The molecule has 0 aromatic carbocycles. The number of nitrogens with zero attached hydrogens (tertiary/aromatic N) is 3. The number of fused-ring (bicyclic) bond motifs is 1. The van der Waals surface area contributed by atoms with Gasteiger partial charge in [-0.05, 0) is 44.8 Å². The molecule has 0 spiro atoms. The van der Waals surface area contributed by atoms with Crippen molar-refractivity contribution in [1.29, 1.82) is 0 Å². The Labute approximate surface area is 116 Å². The fourth-order valence-electron chi connectivity index (χ4n) is 2.62. The van der Waals surface area contributed by atoms with E-state index >= 15 is 0 Å². The van der Waals surface area contributed by atoms with Crippen molar-refractivity contribution < 1.29 is 0 Å². The van der Waals surface area contributed by atoms with Gasteiger partial charge in [-0.1, -0.05) is 0 Å². The maximum absolute atomic E-state index is 5.76. The van der Waals surface area contributed by atoms with Crippen LogP contribution in [-0.4, -0.2) is 41.0 Å². The van der Waals surface area contributed by atoms with Crippen LogP contribution in [0, 0.1) is 0 Å². The summed E-state index contributed by atoms with van der Waals surface area (Å²) >= 11 is 1.59. The Bertz CT molecular complexity index is 588. The second-order valence-corrected chi connectivity index (χ2v) is 6.29. The summed E-state index contributed by atoms with van der Waals surface area (Å²) in [6.07, 6.45) is 3.78. The zero-order valence-corrected chi connectivity index (χ0v) is 12.1.